The minimum absolute atomic E-state index is 0.233. The number of hydrogen-bond acceptors (Lipinski definition) is 2. The van der Waals surface area contributed by atoms with Crippen LogP contribution in [0.5, 0.6) is 0 Å². The lowest BCUT2D eigenvalue weighted by Crippen LogP contribution is -2.12. The Morgan fingerprint density at radius 2 is 2.08 bits per heavy atom. The number of halogens is 2. The quantitative estimate of drug-likeness (QED) is 0.812. The zero-order chi connectivity index (χ0) is 10.0. The van der Waals surface area contributed by atoms with Crippen molar-refractivity contribution in [3.8, 4) is 0 Å². The average molecular weight is 247 g/mol. The van der Waals surface area contributed by atoms with Crippen molar-refractivity contribution >= 4 is 21.6 Å². The summed E-state index contributed by atoms with van der Waals surface area (Å²) in [5.74, 6) is -0.369. The van der Waals surface area contributed by atoms with Gasteiger partial charge in [-0.25, -0.2) is 4.39 Å². The van der Waals surface area contributed by atoms with Crippen LogP contribution in [0.1, 0.15) is 5.56 Å². The van der Waals surface area contributed by atoms with Crippen molar-refractivity contribution in [3.05, 3.63) is 28.0 Å². The average Bonchev–Trinajstić information content (AvgIpc) is 1.98. The maximum absolute atomic E-state index is 13.1. The van der Waals surface area contributed by atoms with E-state index in [1.807, 2.05) is 25.1 Å². The summed E-state index contributed by atoms with van der Waals surface area (Å²) in [6.45, 7) is 0.641. The summed E-state index contributed by atoms with van der Waals surface area (Å²) in [5.41, 5.74) is 6.61. The van der Waals surface area contributed by atoms with Crippen LogP contribution in [0, 0.1) is 5.82 Å². The highest BCUT2D eigenvalue weighted by Gasteiger charge is 2.07. The van der Waals surface area contributed by atoms with E-state index in [-0.39, 0.29) is 11.5 Å². The fraction of sp³-hybridized carbons (Fsp3) is 0.333. The zero-order valence-corrected chi connectivity index (χ0v) is 9.23. The number of rotatable bonds is 2. The van der Waals surface area contributed by atoms with Gasteiger partial charge in [-0.3, -0.25) is 0 Å². The van der Waals surface area contributed by atoms with Gasteiger partial charge in [-0.2, -0.15) is 0 Å². The molecule has 1 aromatic rings. The van der Waals surface area contributed by atoms with Gasteiger partial charge in [-0.15, -0.1) is 0 Å². The molecule has 0 fully saturated rings. The number of anilines is 1. The van der Waals surface area contributed by atoms with Crippen molar-refractivity contribution in [1.29, 1.82) is 0 Å². The van der Waals surface area contributed by atoms with Crippen molar-refractivity contribution < 1.29 is 4.39 Å². The van der Waals surface area contributed by atoms with E-state index in [9.17, 15) is 4.39 Å². The summed E-state index contributed by atoms with van der Waals surface area (Å²) in [6, 6.07) is 3.20. The van der Waals surface area contributed by atoms with Crippen LogP contribution in [0.3, 0.4) is 0 Å². The lowest BCUT2D eigenvalue weighted by molar-refractivity contribution is 0.402. The van der Waals surface area contributed by atoms with Crippen LogP contribution in [0.25, 0.3) is 0 Å². The van der Waals surface area contributed by atoms with Gasteiger partial charge >= 0.3 is 0 Å². The van der Waals surface area contributed by atoms with Crippen LogP contribution in [-0.2, 0) is 6.54 Å². The number of hydrogen-bond donors (Lipinski definition) is 1. The van der Waals surface area contributed by atoms with Crippen LogP contribution in [0.2, 0.25) is 0 Å². The fourth-order valence-electron chi connectivity index (χ4n) is 1.11. The van der Waals surface area contributed by atoms with Crippen molar-refractivity contribution in [2.24, 2.45) is 0 Å². The molecule has 0 aromatic heterocycles. The standard InChI is InChI=1S/C9H12BrFN2/c1-13(2)5-6-3-7(10)4-8(11)9(6)12/h3-4H,5,12H2,1-2H3. The molecule has 0 spiro atoms. The van der Waals surface area contributed by atoms with E-state index < -0.39 is 0 Å². The lowest BCUT2D eigenvalue weighted by Gasteiger charge is -2.12. The highest BCUT2D eigenvalue weighted by Crippen LogP contribution is 2.23. The fourth-order valence-corrected chi connectivity index (χ4v) is 1.59. The molecule has 0 aliphatic rings. The van der Waals surface area contributed by atoms with E-state index >= 15 is 0 Å². The van der Waals surface area contributed by atoms with Crippen LogP contribution < -0.4 is 5.73 Å². The Labute approximate surface area is 85.7 Å². The van der Waals surface area contributed by atoms with E-state index in [4.69, 9.17) is 5.73 Å². The molecule has 13 heavy (non-hydrogen) atoms. The molecule has 0 saturated heterocycles. The van der Waals surface area contributed by atoms with Crippen LogP contribution >= 0.6 is 15.9 Å². The first-order valence-corrected chi connectivity index (χ1v) is 4.68. The highest BCUT2D eigenvalue weighted by molar-refractivity contribution is 9.10. The van der Waals surface area contributed by atoms with Gasteiger partial charge in [-0.1, -0.05) is 15.9 Å². The summed E-state index contributed by atoms with van der Waals surface area (Å²) in [4.78, 5) is 1.94. The monoisotopic (exact) mass is 246 g/mol. The third kappa shape index (κ3) is 2.67. The smallest absolute Gasteiger partial charge is 0.147 e. The van der Waals surface area contributed by atoms with Crippen molar-refractivity contribution in [2.75, 3.05) is 19.8 Å². The first kappa shape index (κ1) is 10.5. The first-order chi connectivity index (χ1) is 6.00. The van der Waals surface area contributed by atoms with Gasteiger partial charge in [0, 0.05) is 11.0 Å². The SMILES string of the molecule is CN(C)Cc1cc(Br)cc(F)c1N. The molecule has 4 heteroatoms. The molecule has 0 atom stereocenters. The molecule has 72 valence electrons. The second kappa shape index (κ2) is 4.07. The minimum Gasteiger partial charge on any atom is -0.396 e. The zero-order valence-electron chi connectivity index (χ0n) is 7.64. The van der Waals surface area contributed by atoms with Gasteiger partial charge in [0.2, 0.25) is 0 Å². The molecule has 0 heterocycles. The van der Waals surface area contributed by atoms with Gasteiger partial charge in [0.15, 0.2) is 0 Å². The van der Waals surface area contributed by atoms with Crippen molar-refractivity contribution in [1.82, 2.24) is 4.90 Å². The molecule has 0 aliphatic heterocycles. The molecule has 1 rings (SSSR count). The van der Waals surface area contributed by atoms with Crippen LogP contribution in [0.15, 0.2) is 16.6 Å². The normalized spacial score (nSPS) is 10.8. The van der Waals surface area contributed by atoms with Gasteiger partial charge in [0.1, 0.15) is 5.82 Å². The summed E-state index contributed by atoms with van der Waals surface area (Å²) in [7, 11) is 3.83. The molecule has 0 radical (unpaired) electrons. The van der Waals surface area contributed by atoms with Crippen molar-refractivity contribution in [3.63, 3.8) is 0 Å². The van der Waals surface area contributed by atoms with E-state index in [1.165, 1.54) is 6.07 Å². The molecule has 1 aromatic carbocycles. The Morgan fingerprint density at radius 1 is 1.46 bits per heavy atom. The largest absolute Gasteiger partial charge is 0.396 e. The maximum Gasteiger partial charge on any atom is 0.147 e. The van der Waals surface area contributed by atoms with Gasteiger partial charge in [0.05, 0.1) is 5.69 Å². The summed E-state index contributed by atoms with van der Waals surface area (Å²) < 4.78 is 13.8. The summed E-state index contributed by atoms with van der Waals surface area (Å²) >= 11 is 3.22. The summed E-state index contributed by atoms with van der Waals surface area (Å²) in [6.07, 6.45) is 0. The van der Waals surface area contributed by atoms with E-state index in [1.54, 1.807) is 0 Å². The second-order valence-electron chi connectivity index (χ2n) is 3.20. The Balaban J connectivity index is 3.05. The predicted molar refractivity (Wildman–Crippen MR) is 55.9 cm³/mol. The maximum atomic E-state index is 13.1. The third-order valence-corrected chi connectivity index (χ3v) is 2.12. The summed E-state index contributed by atoms with van der Waals surface area (Å²) in [5, 5.41) is 0. The highest BCUT2D eigenvalue weighted by atomic mass is 79.9. The molecule has 0 aliphatic carbocycles. The van der Waals surface area contributed by atoms with Crippen LogP contribution in [-0.4, -0.2) is 19.0 Å². The Kier molecular flexibility index (Phi) is 3.27. The molecular formula is C9H12BrFN2. The Hall–Kier alpha value is -0.610. The Morgan fingerprint density at radius 3 is 2.62 bits per heavy atom. The molecule has 2 nitrogen and oxygen atoms in total. The molecule has 0 bridgehead atoms. The predicted octanol–water partition coefficient (Wildman–Crippen LogP) is 2.23. The second-order valence-corrected chi connectivity index (χ2v) is 4.11. The minimum atomic E-state index is -0.369. The van der Waals surface area contributed by atoms with Crippen LogP contribution in [0.4, 0.5) is 10.1 Å². The number of benzene rings is 1. The van der Waals surface area contributed by atoms with E-state index in [2.05, 4.69) is 15.9 Å². The van der Waals surface area contributed by atoms with Gasteiger partial charge in [-0.05, 0) is 31.8 Å². The first-order valence-electron chi connectivity index (χ1n) is 3.89. The molecule has 0 unspecified atom stereocenters. The number of nitrogens with two attached hydrogens (primary N) is 1. The topological polar surface area (TPSA) is 29.3 Å². The Bertz CT molecular complexity index is 313. The third-order valence-electron chi connectivity index (χ3n) is 1.67. The number of nitrogens with zero attached hydrogens (tertiary/aromatic N) is 1. The molecule has 2 N–H and O–H groups in total. The van der Waals surface area contributed by atoms with Gasteiger partial charge in [0.25, 0.3) is 0 Å². The lowest BCUT2D eigenvalue weighted by atomic mass is 10.1. The molecule has 0 amide bonds. The number of nitrogen functional groups attached to an aromatic ring is 1. The van der Waals surface area contributed by atoms with E-state index in [0.717, 1.165) is 10.0 Å². The van der Waals surface area contributed by atoms with Gasteiger partial charge < -0.3 is 10.6 Å². The molecular weight excluding hydrogens is 235 g/mol. The van der Waals surface area contributed by atoms with Crippen molar-refractivity contribution in [2.45, 2.75) is 6.54 Å². The van der Waals surface area contributed by atoms with E-state index in [0.29, 0.717) is 6.54 Å². The molecule has 0 saturated carbocycles.